The van der Waals surface area contributed by atoms with Crippen LogP contribution in [0.25, 0.3) is 0 Å². The largest absolute Gasteiger partial charge is 0.508 e. The van der Waals surface area contributed by atoms with Crippen LogP contribution in [0.2, 0.25) is 0 Å². The monoisotopic (exact) mass is 670 g/mol. The Morgan fingerprint density at radius 1 is 0.688 bits per heavy atom. The van der Waals surface area contributed by atoms with Gasteiger partial charge in [-0.15, -0.1) is 0 Å². The fraction of sp³-hybridized carbons (Fsp3) is 0.406. The van der Waals surface area contributed by atoms with Crippen molar-refractivity contribution in [3.63, 3.8) is 0 Å². The molecular weight excluding hydrogens is 628 g/mol. The minimum absolute atomic E-state index is 0.00410. The van der Waals surface area contributed by atoms with Crippen molar-refractivity contribution in [2.45, 2.75) is 63.7 Å². The van der Waals surface area contributed by atoms with Crippen LogP contribution in [0, 0.1) is 5.92 Å². The van der Waals surface area contributed by atoms with Gasteiger partial charge in [0.05, 0.1) is 19.1 Å². The Kier molecular flexibility index (Phi) is 15.5. The third-order valence-electron chi connectivity index (χ3n) is 7.04. The van der Waals surface area contributed by atoms with E-state index in [9.17, 15) is 43.8 Å². The van der Waals surface area contributed by atoms with E-state index in [0.29, 0.717) is 11.1 Å². The Hall–Kier alpha value is -5.51. The second-order valence-corrected chi connectivity index (χ2v) is 11.3. The number of phenolic OH excluding ortho intramolecular Hbond substituents is 1. The summed E-state index contributed by atoms with van der Waals surface area (Å²) >= 11 is 0. The first kappa shape index (κ1) is 38.7. The Bertz CT molecular complexity index is 1430. The number of hydrogen-bond donors (Lipinski definition) is 9. The molecule has 4 atom stereocenters. The second kappa shape index (κ2) is 19.2. The highest BCUT2D eigenvalue weighted by Gasteiger charge is 2.31. The third kappa shape index (κ3) is 13.9. The predicted molar refractivity (Wildman–Crippen MR) is 171 cm³/mol. The highest BCUT2D eigenvalue weighted by Crippen LogP contribution is 2.11. The zero-order valence-electron chi connectivity index (χ0n) is 26.6. The molecule has 0 spiro atoms. The summed E-state index contributed by atoms with van der Waals surface area (Å²) in [5, 5.41) is 39.7. The van der Waals surface area contributed by atoms with Crippen molar-refractivity contribution in [2.24, 2.45) is 11.7 Å². The van der Waals surface area contributed by atoms with Crippen LogP contribution in [-0.2, 0) is 46.4 Å². The Morgan fingerprint density at radius 3 is 1.88 bits per heavy atom. The van der Waals surface area contributed by atoms with E-state index >= 15 is 0 Å². The van der Waals surface area contributed by atoms with E-state index in [1.54, 1.807) is 56.3 Å². The van der Waals surface area contributed by atoms with Crippen molar-refractivity contribution in [2.75, 3.05) is 13.1 Å². The lowest BCUT2D eigenvalue weighted by atomic mass is 10.00. The van der Waals surface area contributed by atoms with Gasteiger partial charge in [-0.3, -0.25) is 28.8 Å². The lowest BCUT2D eigenvalue weighted by Gasteiger charge is -2.26. The molecule has 0 saturated carbocycles. The first-order valence-corrected chi connectivity index (χ1v) is 15.1. The molecule has 2 rings (SSSR count). The Labute approximate surface area is 276 Å². The summed E-state index contributed by atoms with van der Waals surface area (Å²) in [7, 11) is 0. The first-order chi connectivity index (χ1) is 22.7. The normalized spacial score (nSPS) is 13.2. The van der Waals surface area contributed by atoms with E-state index in [4.69, 9.17) is 10.8 Å². The molecule has 260 valence electrons. The van der Waals surface area contributed by atoms with Crippen molar-refractivity contribution in [1.82, 2.24) is 26.6 Å². The number of aliphatic carboxylic acids is 2. The number of nitrogens with two attached hydrogens (primary N) is 1. The molecular formula is C32H42N6O10. The third-order valence-corrected chi connectivity index (χ3v) is 7.04. The van der Waals surface area contributed by atoms with Gasteiger partial charge < -0.3 is 47.6 Å². The number of aromatic hydroxyl groups is 1. The van der Waals surface area contributed by atoms with E-state index in [1.807, 2.05) is 0 Å². The number of nitrogens with one attached hydrogen (secondary N) is 5. The molecule has 2 aromatic carbocycles. The van der Waals surface area contributed by atoms with Gasteiger partial charge in [0.2, 0.25) is 29.5 Å². The second-order valence-electron chi connectivity index (χ2n) is 11.3. The minimum Gasteiger partial charge on any atom is -0.508 e. The van der Waals surface area contributed by atoms with Gasteiger partial charge in [-0.2, -0.15) is 0 Å². The van der Waals surface area contributed by atoms with Gasteiger partial charge in [0.15, 0.2) is 0 Å². The zero-order chi connectivity index (χ0) is 35.8. The minimum atomic E-state index is -1.50. The molecule has 16 heteroatoms. The molecule has 0 unspecified atom stereocenters. The first-order valence-electron chi connectivity index (χ1n) is 15.1. The molecule has 0 aromatic heterocycles. The van der Waals surface area contributed by atoms with Crippen LogP contribution in [0.5, 0.6) is 5.75 Å². The van der Waals surface area contributed by atoms with E-state index in [1.165, 1.54) is 12.1 Å². The maximum atomic E-state index is 13.4. The van der Waals surface area contributed by atoms with Crippen molar-refractivity contribution in [1.29, 1.82) is 0 Å². The quantitative estimate of drug-likeness (QED) is 0.0856. The molecule has 5 amide bonds. The molecule has 0 fully saturated rings. The topological polar surface area (TPSA) is 266 Å². The SMILES string of the molecule is CC(C)[C@H](NC(=O)[C@H](Cc1ccccc1)NC(=O)CNC(=O)CNC(=O)[C@@H](N)Cc1ccc(O)cc1)C(=O)N[C@@H](CCC(=O)O)C(=O)O. The van der Waals surface area contributed by atoms with Gasteiger partial charge in [0.25, 0.3) is 0 Å². The molecule has 48 heavy (non-hydrogen) atoms. The van der Waals surface area contributed by atoms with Gasteiger partial charge in [-0.05, 0) is 42.0 Å². The van der Waals surface area contributed by atoms with Crippen LogP contribution < -0.4 is 32.3 Å². The lowest BCUT2D eigenvalue weighted by molar-refractivity contribution is -0.143. The summed E-state index contributed by atoms with van der Waals surface area (Å²) in [6.07, 6.45) is -0.711. The number of hydrogen-bond acceptors (Lipinski definition) is 9. The zero-order valence-corrected chi connectivity index (χ0v) is 26.6. The number of carbonyl (C=O) groups is 7. The Balaban J connectivity index is 2.00. The smallest absolute Gasteiger partial charge is 0.326 e. The Morgan fingerprint density at radius 2 is 1.29 bits per heavy atom. The molecule has 0 aliphatic rings. The van der Waals surface area contributed by atoms with E-state index < -0.39 is 91.1 Å². The number of benzene rings is 2. The van der Waals surface area contributed by atoms with Crippen LogP contribution in [0.3, 0.4) is 0 Å². The van der Waals surface area contributed by atoms with Crippen LogP contribution >= 0.6 is 0 Å². The van der Waals surface area contributed by atoms with E-state index in [2.05, 4.69) is 26.6 Å². The fourth-order valence-corrected chi connectivity index (χ4v) is 4.40. The molecule has 0 aliphatic heterocycles. The molecule has 0 saturated heterocycles. The maximum Gasteiger partial charge on any atom is 0.326 e. The average Bonchev–Trinajstić information content (AvgIpc) is 3.03. The number of amides is 5. The van der Waals surface area contributed by atoms with Crippen molar-refractivity contribution in [3.8, 4) is 5.75 Å². The summed E-state index contributed by atoms with van der Waals surface area (Å²) in [5.41, 5.74) is 7.26. The highest BCUT2D eigenvalue weighted by atomic mass is 16.4. The van der Waals surface area contributed by atoms with Gasteiger partial charge in [0.1, 0.15) is 23.9 Å². The predicted octanol–water partition coefficient (Wildman–Crippen LogP) is -1.20. The highest BCUT2D eigenvalue weighted by molar-refractivity contribution is 5.95. The maximum absolute atomic E-state index is 13.4. The average molecular weight is 671 g/mol. The number of rotatable bonds is 19. The molecule has 0 radical (unpaired) electrons. The fourth-order valence-electron chi connectivity index (χ4n) is 4.40. The van der Waals surface area contributed by atoms with Crippen LogP contribution in [-0.4, -0.2) is 94.1 Å². The van der Waals surface area contributed by atoms with Crippen LogP contribution in [0.15, 0.2) is 54.6 Å². The van der Waals surface area contributed by atoms with Crippen molar-refractivity contribution in [3.05, 3.63) is 65.7 Å². The van der Waals surface area contributed by atoms with Gasteiger partial charge in [-0.25, -0.2) is 4.79 Å². The molecule has 2 aromatic rings. The van der Waals surface area contributed by atoms with Gasteiger partial charge >= 0.3 is 11.9 Å². The van der Waals surface area contributed by atoms with Crippen LogP contribution in [0.1, 0.15) is 37.8 Å². The van der Waals surface area contributed by atoms with Gasteiger partial charge in [0, 0.05) is 12.8 Å². The summed E-state index contributed by atoms with van der Waals surface area (Å²) in [5.74, 6) is -6.82. The van der Waals surface area contributed by atoms with Crippen molar-refractivity contribution >= 4 is 41.5 Å². The summed E-state index contributed by atoms with van der Waals surface area (Å²) in [6, 6.07) is 9.84. The number of carbonyl (C=O) groups excluding carboxylic acids is 5. The van der Waals surface area contributed by atoms with E-state index in [0.717, 1.165) is 0 Å². The molecule has 16 nitrogen and oxygen atoms in total. The number of phenols is 1. The standard InChI is InChI=1S/C32H42N6O10/c1-18(2)28(31(46)37-23(32(47)48)12-13-27(42)43)38-30(45)24(15-19-6-4-3-5-7-19)36-26(41)17-34-25(40)16-35-29(44)22(33)14-20-8-10-21(39)11-9-20/h3-11,18,22-24,28,39H,12-17,33H2,1-2H3,(H,34,40)(H,35,44)(H,36,41)(H,37,46)(H,38,45)(H,42,43)(H,47,48)/t22-,23-,24-,28-/m0/s1. The summed E-state index contributed by atoms with van der Waals surface area (Å²) in [4.78, 5) is 86.3. The molecule has 0 bridgehead atoms. The molecule has 0 heterocycles. The molecule has 0 aliphatic carbocycles. The number of carboxylic acids is 2. The summed E-state index contributed by atoms with van der Waals surface area (Å²) < 4.78 is 0. The number of carboxylic acid groups (broad SMARTS) is 2. The van der Waals surface area contributed by atoms with Crippen LogP contribution in [0.4, 0.5) is 0 Å². The molecule has 10 N–H and O–H groups in total. The van der Waals surface area contributed by atoms with E-state index in [-0.39, 0.29) is 25.0 Å². The van der Waals surface area contributed by atoms with Crippen molar-refractivity contribution < 1.29 is 48.9 Å². The lowest BCUT2D eigenvalue weighted by Crippen LogP contribution is -2.58. The summed E-state index contributed by atoms with van der Waals surface area (Å²) in [6.45, 7) is 2.19. The van der Waals surface area contributed by atoms with Gasteiger partial charge in [-0.1, -0.05) is 56.3 Å².